The Balaban J connectivity index is 1.49. The van der Waals surface area contributed by atoms with Gasteiger partial charge in [-0.05, 0) is 54.1 Å². The van der Waals surface area contributed by atoms with E-state index in [0.717, 1.165) is 6.08 Å². The van der Waals surface area contributed by atoms with E-state index in [9.17, 15) is 14.4 Å². The van der Waals surface area contributed by atoms with Crippen LogP contribution in [0, 0.1) is 0 Å². The van der Waals surface area contributed by atoms with Crippen molar-refractivity contribution < 1.29 is 23.9 Å². The van der Waals surface area contributed by atoms with Crippen molar-refractivity contribution in [2.75, 3.05) is 24.4 Å². The number of hydrogen-bond donors (Lipinski definition) is 2. The van der Waals surface area contributed by atoms with Gasteiger partial charge in [0.05, 0.1) is 22.8 Å². The first kappa shape index (κ1) is 24.8. The molecule has 3 rings (SSSR count). The molecule has 174 valence electrons. The SMILES string of the molecule is COc1ccccc1NC(=O)c1ccc(NC(=O)COC(=O)/C=C/c2cccc(Cl)c2Cl)cc1. The molecule has 9 heteroatoms. The monoisotopic (exact) mass is 498 g/mol. The third-order valence-corrected chi connectivity index (χ3v) is 5.35. The van der Waals surface area contributed by atoms with E-state index in [0.29, 0.717) is 38.3 Å². The van der Waals surface area contributed by atoms with Gasteiger partial charge in [-0.15, -0.1) is 0 Å². The standard InChI is InChI=1S/C25H20Cl2N2O5/c1-33-21-8-3-2-7-20(21)29-25(32)17-9-12-18(13-10-17)28-22(30)15-34-23(31)14-11-16-5-4-6-19(26)24(16)27/h2-14H,15H2,1H3,(H,28,30)(H,29,32)/b14-11+. The summed E-state index contributed by atoms with van der Waals surface area (Å²) >= 11 is 12.0. The molecule has 0 radical (unpaired) electrons. The Morgan fingerprint density at radius 3 is 2.38 bits per heavy atom. The van der Waals surface area contributed by atoms with Gasteiger partial charge in [0, 0.05) is 17.3 Å². The van der Waals surface area contributed by atoms with Crippen LogP contribution in [-0.4, -0.2) is 31.5 Å². The lowest BCUT2D eigenvalue weighted by Gasteiger charge is -2.10. The maximum Gasteiger partial charge on any atom is 0.331 e. The summed E-state index contributed by atoms with van der Waals surface area (Å²) in [5.74, 6) is -1.04. The van der Waals surface area contributed by atoms with Gasteiger partial charge < -0.3 is 20.1 Å². The summed E-state index contributed by atoms with van der Waals surface area (Å²) in [7, 11) is 1.52. The summed E-state index contributed by atoms with van der Waals surface area (Å²) in [6.07, 6.45) is 2.60. The Kier molecular flexibility index (Phi) is 8.67. The lowest BCUT2D eigenvalue weighted by molar-refractivity contribution is -0.142. The van der Waals surface area contributed by atoms with Crippen molar-refractivity contribution in [1.29, 1.82) is 0 Å². The highest BCUT2D eigenvalue weighted by molar-refractivity contribution is 6.42. The second-order valence-corrected chi connectivity index (χ2v) is 7.65. The third kappa shape index (κ3) is 6.84. The number of anilines is 2. The molecule has 0 fully saturated rings. The Morgan fingerprint density at radius 2 is 1.65 bits per heavy atom. The molecule has 3 aromatic carbocycles. The van der Waals surface area contributed by atoms with Crippen LogP contribution in [0.1, 0.15) is 15.9 Å². The molecule has 0 unspecified atom stereocenters. The van der Waals surface area contributed by atoms with Crippen LogP contribution in [0.2, 0.25) is 10.0 Å². The minimum atomic E-state index is -0.713. The zero-order chi connectivity index (χ0) is 24.5. The van der Waals surface area contributed by atoms with E-state index >= 15 is 0 Å². The maximum absolute atomic E-state index is 12.5. The molecule has 7 nitrogen and oxygen atoms in total. The highest BCUT2D eigenvalue weighted by Gasteiger charge is 2.11. The predicted molar refractivity (Wildman–Crippen MR) is 132 cm³/mol. The van der Waals surface area contributed by atoms with Gasteiger partial charge in [-0.25, -0.2) is 4.79 Å². The Bertz CT molecular complexity index is 1230. The van der Waals surface area contributed by atoms with E-state index in [1.54, 1.807) is 66.7 Å². The van der Waals surface area contributed by atoms with Crippen molar-refractivity contribution >= 4 is 58.4 Å². The summed E-state index contributed by atoms with van der Waals surface area (Å²) in [5, 5.41) is 6.03. The van der Waals surface area contributed by atoms with Gasteiger partial charge in [0.15, 0.2) is 6.61 Å². The van der Waals surface area contributed by atoms with Crippen LogP contribution in [0.15, 0.2) is 72.8 Å². The number of methoxy groups -OCH3 is 1. The minimum absolute atomic E-state index is 0.311. The number of hydrogen-bond acceptors (Lipinski definition) is 5. The molecule has 0 aliphatic carbocycles. The molecular formula is C25H20Cl2N2O5. The van der Waals surface area contributed by atoms with Gasteiger partial charge in [0.25, 0.3) is 11.8 Å². The van der Waals surface area contributed by atoms with E-state index in [1.165, 1.54) is 13.2 Å². The molecule has 0 aromatic heterocycles. The topological polar surface area (TPSA) is 93.7 Å². The second-order valence-electron chi connectivity index (χ2n) is 6.86. The maximum atomic E-state index is 12.5. The lowest BCUT2D eigenvalue weighted by Crippen LogP contribution is -2.20. The molecule has 2 N–H and O–H groups in total. The fourth-order valence-electron chi connectivity index (χ4n) is 2.84. The summed E-state index contributed by atoms with van der Waals surface area (Å²) < 4.78 is 10.1. The van der Waals surface area contributed by atoms with Gasteiger partial charge in [-0.2, -0.15) is 0 Å². The molecule has 0 bridgehead atoms. The number of carbonyl (C=O) groups excluding carboxylic acids is 3. The normalized spacial score (nSPS) is 10.6. The second kappa shape index (κ2) is 11.9. The van der Waals surface area contributed by atoms with Gasteiger partial charge in [0.1, 0.15) is 5.75 Å². The van der Waals surface area contributed by atoms with Crippen molar-refractivity contribution in [1.82, 2.24) is 0 Å². The van der Waals surface area contributed by atoms with Gasteiger partial charge in [-0.3, -0.25) is 9.59 Å². The Labute approximate surface area is 206 Å². The molecular weight excluding hydrogens is 479 g/mol. The van der Waals surface area contributed by atoms with Crippen LogP contribution in [0.4, 0.5) is 11.4 Å². The number of carbonyl (C=O) groups is 3. The fraction of sp³-hybridized carbons (Fsp3) is 0.0800. The molecule has 0 saturated carbocycles. The molecule has 0 saturated heterocycles. The van der Waals surface area contributed by atoms with E-state index in [-0.39, 0.29) is 5.91 Å². The summed E-state index contributed by atoms with van der Waals surface area (Å²) in [6.45, 7) is -0.484. The van der Waals surface area contributed by atoms with Crippen molar-refractivity contribution in [3.63, 3.8) is 0 Å². The van der Waals surface area contributed by atoms with E-state index in [1.807, 2.05) is 0 Å². The zero-order valence-electron chi connectivity index (χ0n) is 18.0. The van der Waals surface area contributed by atoms with Crippen LogP contribution in [-0.2, 0) is 14.3 Å². The lowest BCUT2D eigenvalue weighted by atomic mass is 10.2. The van der Waals surface area contributed by atoms with Crippen LogP contribution in [0.25, 0.3) is 6.08 Å². The number of esters is 1. The Hall–Kier alpha value is -3.81. The van der Waals surface area contributed by atoms with E-state index in [4.69, 9.17) is 32.7 Å². The number of para-hydroxylation sites is 2. The average molecular weight is 499 g/mol. The first-order valence-electron chi connectivity index (χ1n) is 10.0. The fourth-order valence-corrected chi connectivity index (χ4v) is 3.21. The number of benzene rings is 3. The van der Waals surface area contributed by atoms with Crippen LogP contribution < -0.4 is 15.4 Å². The number of ether oxygens (including phenoxy) is 2. The summed E-state index contributed by atoms with van der Waals surface area (Å²) in [4.78, 5) is 36.4. The van der Waals surface area contributed by atoms with Gasteiger partial charge in [-0.1, -0.05) is 47.5 Å². The first-order chi connectivity index (χ1) is 16.4. The first-order valence-corrected chi connectivity index (χ1v) is 10.8. The van der Waals surface area contributed by atoms with Crippen LogP contribution in [0.3, 0.4) is 0 Å². The molecule has 2 amide bonds. The number of halogens is 2. The largest absolute Gasteiger partial charge is 0.495 e. The van der Waals surface area contributed by atoms with Crippen LogP contribution >= 0.6 is 23.2 Å². The van der Waals surface area contributed by atoms with Crippen molar-refractivity contribution in [2.45, 2.75) is 0 Å². The predicted octanol–water partition coefficient (Wildman–Crippen LogP) is 5.45. The third-order valence-electron chi connectivity index (χ3n) is 4.51. The van der Waals surface area contributed by atoms with Gasteiger partial charge in [0.2, 0.25) is 0 Å². The zero-order valence-corrected chi connectivity index (χ0v) is 19.5. The van der Waals surface area contributed by atoms with Crippen molar-refractivity contribution in [2.24, 2.45) is 0 Å². The molecule has 0 atom stereocenters. The molecule has 0 spiro atoms. The highest BCUT2D eigenvalue weighted by atomic mass is 35.5. The summed E-state index contributed by atoms with van der Waals surface area (Å²) in [5.41, 5.74) is 1.92. The van der Waals surface area contributed by atoms with Gasteiger partial charge >= 0.3 is 5.97 Å². The molecule has 0 aliphatic heterocycles. The van der Waals surface area contributed by atoms with Crippen LogP contribution in [0.5, 0.6) is 5.75 Å². The number of nitrogens with one attached hydrogen (secondary N) is 2. The van der Waals surface area contributed by atoms with E-state index < -0.39 is 18.5 Å². The quantitative estimate of drug-likeness (QED) is 0.318. The van der Waals surface area contributed by atoms with E-state index in [2.05, 4.69) is 10.6 Å². The summed E-state index contributed by atoms with van der Waals surface area (Å²) in [6, 6.07) is 18.3. The highest BCUT2D eigenvalue weighted by Crippen LogP contribution is 2.26. The Morgan fingerprint density at radius 1 is 0.912 bits per heavy atom. The average Bonchev–Trinajstić information content (AvgIpc) is 2.84. The van der Waals surface area contributed by atoms with Crippen molar-refractivity contribution in [3.8, 4) is 5.75 Å². The molecule has 3 aromatic rings. The molecule has 0 heterocycles. The smallest absolute Gasteiger partial charge is 0.331 e. The molecule has 34 heavy (non-hydrogen) atoms. The molecule has 0 aliphatic rings. The number of rotatable bonds is 8. The minimum Gasteiger partial charge on any atom is -0.495 e. The number of amides is 2. The van der Waals surface area contributed by atoms with Crippen molar-refractivity contribution in [3.05, 3.63) is 94.0 Å².